The van der Waals surface area contributed by atoms with Gasteiger partial charge in [-0.1, -0.05) is 0 Å². The molecular weight excluding hydrogens is 559 g/mol. The van der Waals surface area contributed by atoms with Crippen LogP contribution in [0.15, 0.2) is 4.60 Å². The normalized spacial score (nSPS) is 29.1. The van der Waals surface area contributed by atoms with E-state index in [1.807, 2.05) is 4.90 Å². The molecule has 6 rings (SSSR count). The third-order valence-electron chi connectivity index (χ3n) is 7.75. The van der Waals surface area contributed by atoms with Crippen LogP contribution in [0.1, 0.15) is 32.7 Å². The monoisotopic (exact) mass is 587 g/mol. The van der Waals surface area contributed by atoms with Crippen LogP contribution in [0, 0.1) is 0 Å². The highest BCUT2D eigenvalue weighted by Crippen LogP contribution is 2.42. The van der Waals surface area contributed by atoms with Crippen LogP contribution in [-0.2, 0) is 11.8 Å². The third kappa shape index (κ3) is 4.16. The summed E-state index contributed by atoms with van der Waals surface area (Å²) in [4.78, 5) is 13.3. The smallest absolute Gasteiger partial charge is 0.333 e. The molecule has 0 aromatic carbocycles. The Balaban J connectivity index is 1.49. The van der Waals surface area contributed by atoms with Crippen molar-refractivity contribution >= 4 is 43.8 Å². The summed E-state index contributed by atoms with van der Waals surface area (Å²) >= 11 is 3.32. The Hall–Kier alpha value is -2.16. The van der Waals surface area contributed by atoms with Crippen molar-refractivity contribution < 1.29 is 27.8 Å². The first kappa shape index (κ1) is 25.1. The molecular formula is C23H29BrF3N7O3. The van der Waals surface area contributed by atoms with Crippen molar-refractivity contribution in [1.82, 2.24) is 29.2 Å². The van der Waals surface area contributed by atoms with E-state index in [-0.39, 0.29) is 35.9 Å². The lowest BCUT2D eigenvalue weighted by atomic mass is 9.95. The molecule has 3 aromatic rings. The minimum absolute atomic E-state index is 0.0757. The largest absolute Gasteiger partial charge is 0.461 e. The maximum atomic E-state index is 14.3. The maximum absolute atomic E-state index is 14.3. The summed E-state index contributed by atoms with van der Waals surface area (Å²) in [7, 11) is 1.72. The van der Waals surface area contributed by atoms with Gasteiger partial charge < -0.3 is 24.0 Å². The molecule has 0 aliphatic carbocycles. The van der Waals surface area contributed by atoms with Gasteiger partial charge in [0.25, 0.3) is 0 Å². The van der Waals surface area contributed by atoms with Crippen molar-refractivity contribution in [2.45, 2.75) is 50.0 Å². The number of aryl methyl sites for hydroxylation is 1. The molecule has 0 saturated carbocycles. The van der Waals surface area contributed by atoms with E-state index in [0.29, 0.717) is 53.2 Å². The van der Waals surface area contributed by atoms with Crippen LogP contribution in [0.25, 0.3) is 22.1 Å². The highest BCUT2D eigenvalue weighted by Gasteiger charge is 2.49. The number of aromatic nitrogens is 5. The summed E-state index contributed by atoms with van der Waals surface area (Å²) in [5, 5.41) is 15.2. The average molecular weight is 588 g/mol. The van der Waals surface area contributed by atoms with Gasteiger partial charge in [0.1, 0.15) is 35.2 Å². The SMILES string of the molecule is Cn1c2nc(OC[C@@]34CCCN3C[C@H](F)C4)nc(N3CCOC[C@@](C)(O)C3)c2c2c1c(Br)nn2C(F)F. The van der Waals surface area contributed by atoms with Gasteiger partial charge in [-0.2, -0.15) is 23.8 Å². The number of alkyl halides is 3. The Labute approximate surface area is 219 Å². The topological polar surface area (TPSA) is 93.7 Å². The number of fused-ring (bicyclic) bond motifs is 4. The molecule has 0 amide bonds. The Kier molecular flexibility index (Phi) is 6.08. The summed E-state index contributed by atoms with van der Waals surface area (Å²) in [5.74, 6) is 0.348. The molecule has 37 heavy (non-hydrogen) atoms. The Morgan fingerprint density at radius 3 is 2.86 bits per heavy atom. The Morgan fingerprint density at radius 1 is 1.27 bits per heavy atom. The number of anilines is 1. The molecule has 6 heterocycles. The first-order valence-corrected chi connectivity index (χ1v) is 13.2. The van der Waals surface area contributed by atoms with E-state index in [1.165, 1.54) is 0 Å². The zero-order valence-corrected chi connectivity index (χ0v) is 22.2. The highest BCUT2D eigenvalue weighted by atomic mass is 79.9. The first-order chi connectivity index (χ1) is 17.6. The van der Waals surface area contributed by atoms with Crippen LogP contribution in [0.3, 0.4) is 0 Å². The van der Waals surface area contributed by atoms with Crippen LogP contribution >= 0.6 is 15.9 Å². The summed E-state index contributed by atoms with van der Waals surface area (Å²) in [6.45, 7) is 1.24. The fourth-order valence-electron chi connectivity index (χ4n) is 6.17. The minimum atomic E-state index is -2.89. The molecule has 0 radical (unpaired) electrons. The van der Waals surface area contributed by atoms with E-state index in [0.717, 1.165) is 19.4 Å². The van der Waals surface area contributed by atoms with Crippen LogP contribution in [0.2, 0.25) is 0 Å². The molecule has 0 unspecified atom stereocenters. The molecule has 3 aromatic heterocycles. The van der Waals surface area contributed by atoms with Crippen molar-refractivity contribution in [3.05, 3.63) is 4.60 Å². The number of halogens is 4. The van der Waals surface area contributed by atoms with E-state index < -0.39 is 23.9 Å². The van der Waals surface area contributed by atoms with Gasteiger partial charge >= 0.3 is 12.6 Å². The van der Waals surface area contributed by atoms with Gasteiger partial charge in [0.15, 0.2) is 10.3 Å². The summed E-state index contributed by atoms with van der Waals surface area (Å²) < 4.78 is 56.7. The quantitative estimate of drug-likeness (QED) is 0.487. The second kappa shape index (κ2) is 8.95. The number of hydrogen-bond donors (Lipinski definition) is 1. The standard InChI is InChI=1S/C23H29BrF3N7O3/c1-22(35)10-32(6-7-36-11-22)19-14-15-16(17(24)30-34(15)20(26)27)31(2)18(14)28-21(29-19)37-12-23-4-3-5-33(23)9-13(25)8-23/h13,20,35H,3-12H2,1-2H3/t13-,22+,23+/m1/s1. The number of rotatable bonds is 5. The molecule has 3 aliphatic rings. The number of hydrogen-bond acceptors (Lipinski definition) is 8. The van der Waals surface area contributed by atoms with Crippen LogP contribution in [-0.4, -0.2) is 97.6 Å². The van der Waals surface area contributed by atoms with E-state index in [9.17, 15) is 18.3 Å². The predicted molar refractivity (Wildman–Crippen MR) is 133 cm³/mol. The predicted octanol–water partition coefficient (Wildman–Crippen LogP) is 3.02. The van der Waals surface area contributed by atoms with Crippen molar-refractivity contribution in [3.8, 4) is 6.01 Å². The van der Waals surface area contributed by atoms with Crippen molar-refractivity contribution in [2.75, 3.05) is 50.9 Å². The van der Waals surface area contributed by atoms with E-state index >= 15 is 0 Å². The van der Waals surface area contributed by atoms with E-state index in [1.54, 1.807) is 18.5 Å². The molecule has 14 heteroatoms. The van der Waals surface area contributed by atoms with Crippen LogP contribution in [0.5, 0.6) is 6.01 Å². The molecule has 3 saturated heterocycles. The van der Waals surface area contributed by atoms with Gasteiger partial charge in [0.2, 0.25) is 0 Å². The minimum Gasteiger partial charge on any atom is -0.461 e. The maximum Gasteiger partial charge on any atom is 0.333 e. The van der Waals surface area contributed by atoms with E-state index in [2.05, 4.69) is 30.9 Å². The molecule has 3 atom stereocenters. The van der Waals surface area contributed by atoms with Crippen molar-refractivity contribution in [1.29, 1.82) is 0 Å². The molecule has 10 nitrogen and oxygen atoms in total. The lowest BCUT2D eigenvalue weighted by Gasteiger charge is -2.31. The van der Waals surface area contributed by atoms with Crippen LogP contribution < -0.4 is 9.64 Å². The zero-order chi connectivity index (χ0) is 26.1. The molecule has 1 N–H and O–H groups in total. The summed E-state index contributed by atoms with van der Waals surface area (Å²) in [5.41, 5.74) is -0.561. The molecule has 3 aliphatic heterocycles. The summed E-state index contributed by atoms with van der Waals surface area (Å²) in [6.07, 6.45) is 1.32. The van der Waals surface area contributed by atoms with Gasteiger partial charge in [0, 0.05) is 26.6 Å². The van der Waals surface area contributed by atoms with Gasteiger partial charge in [-0.3, -0.25) is 4.90 Å². The molecule has 0 bridgehead atoms. The number of β-amino-alcohol motifs (C(OH)–C–C–N with tert-alkyl or cyclic N) is 1. The molecule has 202 valence electrons. The second-order valence-electron chi connectivity index (χ2n) is 10.6. The highest BCUT2D eigenvalue weighted by molar-refractivity contribution is 9.10. The van der Waals surface area contributed by atoms with Gasteiger partial charge in [0.05, 0.1) is 30.7 Å². The van der Waals surface area contributed by atoms with Gasteiger partial charge in [-0.25, -0.2) is 9.07 Å². The molecule has 0 spiro atoms. The lowest BCUT2D eigenvalue weighted by molar-refractivity contribution is -0.0123. The van der Waals surface area contributed by atoms with Crippen LogP contribution in [0.4, 0.5) is 19.0 Å². The second-order valence-corrected chi connectivity index (χ2v) is 11.4. The lowest BCUT2D eigenvalue weighted by Crippen LogP contribution is -2.44. The van der Waals surface area contributed by atoms with Gasteiger partial charge in [-0.15, -0.1) is 0 Å². The molecule has 3 fully saturated rings. The number of ether oxygens (including phenoxy) is 2. The Bertz CT molecular complexity index is 1350. The zero-order valence-electron chi connectivity index (χ0n) is 20.6. The third-order valence-corrected chi connectivity index (χ3v) is 8.28. The first-order valence-electron chi connectivity index (χ1n) is 12.4. The van der Waals surface area contributed by atoms with Crippen molar-refractivity contribution in [3.63, 3.8) is 0 Å². The average Bonchev–Trinajstić information content (AvgIpc) is 3.50. The number of aliphatic hydroxyl groups is 1. The fourth-order valence-corrected chi connectivity index (χ4v) is 6.80. The van der Waals surface area contributed by atoms with E-state index in [4.69, 9.17) is 14.5 Å². The summed E-state index contributed by atoms with van der Waals surface area (Å²) in [6, 6.07) is 0.0757. The van der Waals surface area contributed by atoms with Crippen molar-refractivity contribution in [2.24, 2.45) is 7.05 Å². The number of nitrogens with zero attached hydrogens (tertiary/aromatic N) is 7. The Morgan fingerprint density at radius 2 is 2.08 bits per heavy atom. The van der Waals surface area contributed by atoms with Gasteiger partial charge in [-0.05, 0) is 42.2 Å². The fraction of sp³-hybridized carbons (Fsp3) is 0.696.